The van der Waals surface area contributed by atoms with Crippen LogP contribution in [0.1, 0.15) is 6.42 Å². The summed E-state index contributed by atoms with van der Waals surface area (Å²) in [5, 5.41) is 2.66. The van der Waals surface area contributed by atoms with Crippen LogP contribution in [0.25, 0.3) is 10.8 Å². The van der Waals surface area contributed by atoms with Gasteiger partial charge in [-0.25, -0.2) is 12.2 Å². The summed E-state index contributed by atoms with van der Waals surface area (Å²) in [4.78, 5) is 0. The molecule has 0 unspecified atom stereocenters. The van der Waals surface area contributed by atoms with Crippen molar-refractivity contribution in [2.75, 3.05) is 0 Å². The maximum atomic E-state index is 2.99. The Hall–Kier alpha value is -0.396. The molecule has 0 amide bonds. The van der Waals surface area contributed by atoms with Crippen LogP contribution >= 0.6 is 0 Å². The van der Waals surface area contributed by atoms with Crippen molar-refractivity contribution in [2.45, 2.75) is 6.42 Å². The molecule has 0 N–H and O–H groups in total. The van der Waals surface area contributed by atoms with Crippen LogP contribution in [0.5, 0.6) is 0 Å². The van der Waals surface area contributed by atoms with Crippen molar-refractivity contribution in [3.63, 3.8) is 0 Å². The molecule has 0 aliphatic heterocycles. The van der Waals surface area contributed by atoms with Crippen LogP contribution in [-0.4, -0.2) is 0 Å². The minimum atomic E-state index is 0. The molecule has 0 radical (unpaired) electrons. The fourth-order valence-corrected chi connectivity index (χ4v) is 1.41. The van der Waals surface area contributed by atoms with Gasteiger partial charge in [-0.3, -0.25) is 6.08 Å². The molecule has 0 aromatic heterocycles. The van der Waals surface area contributed by atoms with E-state index in [9.17, 15) is 0 Å². The first kappa shape index (κ1) is 19.0. The molecule has 0 nitrogen and oxygen atoms in total. The van der Waals surface area contributed by atoms with Gasteiger partial charge < -0.3 is 24.8 Å². The molecule has 0 spiro atoms. The third kappa shape index (κ3) is 6.19. The van der Waals surface area contributed by atoms with Gasteiger partial charge in [-0.1, -0.05) is 6.07 Å². The Labute approximate surface area is 130 Å². The van der Waals surface area contributed by atoms with Gasteiger partial charge in [0.05, 0.1) is 0 Å². The topological polar surface area (TPSA) is 0 Å². The van der Waals surface area contributed by atoms with E-state index >= 15 is 0 Å². The van der Waals surface area contributed by atoms with E-state index in [1.54, 1.807) is 0 Å². The summed E-state index contributed by atoms with van der Waals surface area (Å²) < 4.78 is 0. The SMILES string of the molecule is [C-]1=CC=CC1.[Cl-].[Cl-].[Ti+2].c1ccc2[cH-]ccc2c1. The number of fused-ring (bicyclic) bond motifs is 1. The van der Waals surface area contributed by atoms with Crippen molar-refractivity contribution in [2.24, 2.45) is 0 Å². The summed E-state index contributed by atoms with van der Waals surface area (Å²) in [6.45, 7) is 0. The predicted molar refractivity (Wildman–Crippen MR) is 61.1 cm³/mol. The van der Waals surface area contributed by atoms with Crippen LogP contribution in [0.4, 0.5) is 0 Å². The Balaban J connectivity index is 0. The number of hydrogen-bond acceptors (Lipinski definition) is 0. The van der Waals surface area contributed by atoms with Gasteiger partial charge in [0, 0.05) is 0 Å². The van der Waals surface area contributed by atoms with E-state index in [0.29, 0.717) is 0 Å². The molecule has 3 rings (SSSR count). The van der Waals surface area contributed by atoms with E-state index in [1.165, 1.54) is 10.8 Å². The fraction of sp³-hybridized carbons (Fsp3) is 0.0714. The Morgan fingerprint density at radius 2 is 1.82 bits per heavy atom. The van der Waals surface area contributed by atoms with Crippen LogP contribution < -0.4 is 24.8 Å². The number of rotatable bonds is 0. The molecule has 3 heteroatoms. The van der Waals surface area contributed by atoms with Crippen molar-refractivity contribution in [3.8, 4) is 0 Å². The molecule has 0 fully saturated rings. The van der Waals surface area contributed by atoms with Gasteiger partial charge in [-0.15, -0.1) is 36.1 Å². The standard InChI is InChI=1S/C9H7.C5H5.2ClH.Ti/c1-2-5-9-7-3-6-8(9)4-1;1-2-4-5-3-1;;;/h1-7H;1-3H,4H2;2*1H;/q2*-1;;;+2/p-2. The normalized spacial score (nSPS) is 10.6. The molecule has 0 atom stereocenters. The van der Waals surface area contributed by atoms with Crippen LogP contribution in [0.2, 0.25) is 0 Å². The quantitative estimate of drug-likeness (QED) is 0.385. The van der Waals surface area contributed by atoms with Crippen molar-refractivity contribution >= 4 is 10.8 Å². The van der Waals surface area contributed by atoms with Gasteiger partial charge in [-0.05, 0) is 0 Å². The molecule has 2 aromatic carbocycles. The van der Waals surface area contributed by atoms with Gasteiger partial charge in [0.1, 0.15) is 0 Å². The Morgan fingerprint density at radius 1 is 1.06 bits per heavy atom. The largest absolute Gasteiger partial charge is 2.00 e. The van der Waals surface area contributed by atoms with E-state index in [2.05, 4.69) is 54.6 Å². The number of halogens is 2. The van der Waals surface area contributed by atoms with Gasteiger partial charge >= 0.3 is 21.7 Å². The molecule has 88 valence electrons. The number of hydrogen-bond donors (Lipinski definition) is 0. The summed E-state index contributed by atoms with van der Waals surface area (Å²) in [7, 11) is 0. The van der Waals surface area contributed by atoms with Crippen LogP contribution in [-0.2, 0) is 21.7 Å². The molecule has 0 saturated heterocycles. The Morgan fingerprint density at radius 3 is 2.35 bits per heavy atom. The zero-order valence-electron chi connectivity index (χ0n) is 9.24. The Kier molecular flexibility index (Phi) is 12.0. The molecule has 0 bridgehead atoms. The van der Waals surface area contributed by atoms with E-state index in [0.717, 1.165) is 6.42 Å². The molecule has 1 aliphatic carbocycles. The molecular weight excluding hydrogens is 287 g/mol. The van der Waals surface area contributed by atoms with Crippen LogP contribution in [0.15, 0.2) is 60.7 Å². The first-order valence-electron chi connectivity index (χ1n) is 4.79. The summed E-state index contributed by atoms with van der Waals surface area (Å²) in [5.41, 5.74) is 0. The Bertz CT molecular complexity index is 418. The molecule has 17 heavy (non-hydrogen) atoms. The second-order valence-electron chi connectivity index (χ2n) is 3.16. The zero-order chi connectivity index (χ0) is 9.64. The number of allylic oxidation sites excluding steroid dienone is 4. The average Bonchev–Trinajstić information content (AvgIpc) is 2.92. The monoisotopic (exact) mass is 298 g/mol. The first-order valence-corrected chi connectivity index (χ1v) is 4.79. The van der Waals surface area contributed by atoms with Gasteiger partial charge in [0.2, 0.25) is 0 Å². The van der Waals surface area contributed by atoms with Crippen LogP contribution in [0, 0.1) is 6.08 Å². The minimum Gasteiger partial charge on any atom is -1.00 e. The average molecular weight is 299 g/mol. The summed E-state index contributed by atoms with van der Waals surface area (Å²) in [5.74, 6) is 0. The van der Waals surface area contributed by atoms with Crippen LogP contribution in [0.3, 0.4) is 0 Å². The smallest absolute Gasteiger partial charge is 1.00 e. The third-order valence-corrected chi connectivity index (χ3v) is 2.13. The van der Waals surface area contributed by atoms with E-state index in [1.807, 2.05) is 12.2 Å². The van der Waals surface area contributed by atoms with Crippen molar-refractivity contribution in [3.05, 3.63) is 66.8 Å². The number of benzene rings is 1. The van der Waals surface area contributed by atoms with Crippen molar-refractivity contribution in [1.29, 1.82) is 0 Å². The van der Waals surface area contributed by atoms with Gasteiger partial charge in [0.15, 0.2) is 0 Å². The maximum absolute atomic E-state index is 2.99. The molecule has 1 aliphatic rings. The van der Waals surface area contributed by atoms with Gasteiger partial charge in [-0.2, -0.15) is 23.6 Å². The van der Waals surface area contributed by atoms with E-state index in [-0.39, 0.29) is 46.5 Å². The maximum Gasteiger partial charge on any atom is 2.00 e. The molecular formula is C14H12Cl2Ti-2. The molecule has 0 saturated carbocycles. The molecule has 0 heterocycles. The summed E-state index contributed by atoms with van der Waals surface area (Å²) >= 11 is 0. The fourth-order valence-electron chi connectivity index (χ4n) is 1.41. The van der Waals surface area contributed by atoms with E-state index < -0.39 is 0 Å². The predicted octanol–water partition coefficient (Wildman–Crippen LogP) is -2.13. The minimum absolute atomic E-state index is 0. The van der Waals surface area contributed by atoms with Crippen molar-refractivity contribution in [1.82, 2.24) is 0 Å². The van der Waals surface area contributed by atoms with Crippen molar-refractivity contribution < 1.29 is 46.5 Å². The summed E-state index contributed by atoms with van der Waals surface area (Å²) in [6, 6.07) is 14.7. The van der Waals surface area contributed by atoms with Gasteiger partial charge in [0.25, 0.3) is 0 Å². The molecule has 2 aromatic rings. The zero-order valence-corrected chi connectivity index (χ0v) is 12.3. The summed E-state index contributed by atoms with van der Waals surface area (Å²) in [6.07, 6.45) is 10.0. The van der Waals surface area contributed by atoms with E-state index in [4.69, 9.17) is 0 Å². The third-order valence-electron chi connectivity index (χ3n) is 2.13. The second-order valence-corrected chi connectivity index (χ2v) is 3.16. The first-order chi connectivity index (χ1) is 6.97. The second kappa shape index (κ2) is 10.7.